The molecule has 3 nitrogen and oxygen atoms in total. The fourth-order valence-corrected chi connectivity index (χ4v) is 0.750. The van der Waals surface area contributed by atoms with Crippen molar-refractivity contribution in [2.45, 2.75) is 36.3 Å². The topological polar surface area (TPSA) is 27.7 Å². The molecule has 0 aromatic carbocycles. The normalized spacial score (nSPS) is 8.00. The Labute approximate surface area is 80.4 Å². The summed E-state index contributed by atoms with van der Waals surface area (Å²) in [4.78, 5) is 0. The molecule has 82 valence electrons. The molecule has 0 saturated heterocycles. The first kappa shape index (κ1) is 29.6. The summed E-state index contributed by atoms with van der Waals surface area (Å²) in [5.41, 5.74) is 0. The highest BCUT2D eigenvalue weighted by molar-refractivity contribution is 6.58. The zero-order valence-corrected chi connectivity index (χ0v) is 6.72. The molecule has 0 fully saturated rings. The van der Waals surface area contributed by atoms with Gasteiger partial charge in [-0.15, -0.1) is 0 Å². The zero-order chi connectivity index (χ0) is 6.62. The molecule has 0 amide bonds. The first-order valence-electron chi connectivity index (χ1n) is 2.34. The van der Waals surface area contributed by atoms with Gasteiger partial charge in [-0.1, -0.05) is 29.7 Å². The van der Waals surface area contributed by atoms with Crippen LogP contribution >= 0.6 is 0 Å². The van der Waals surface area contributed by atoms with E-state index in [0.29, 0.717) is 0 Å². The van der Waals surface area contributed by atoms with Crippen LogP contribution in [0.15, 0.2) is 0 Å². The molecule has 0 spiro atoms. The number of hydrogen-bond acceptors (Lipinski definition) is 3. The largest absolute Gasteiger partial charge is 0.496 e. The second-order valence-corrected chi connectivity index (χ2v) is 4.42. The lowest BCUT2D eigenvalue weighted by Crippen LogP contribution is -2.38. The van der Waals surface area contributed by atoms with Gasteiger partial charge in [-0.3, -0.25) is 0 Å². The van der Waals surface area contributed by atoms with Gasteiger partial charge in [-0.25, -0.2) is 0 Å². The van der Waals surface area contributed by atoms with Gasteiger partial charge in [0, 0.05) is 27.9 Å². The summed E-state index contributed by atoms with van der Waals surface area (Å²) < 4.78 is 14.8. The van der Waals surface area contributed by atoms with E-state index in [9.17, 15) is 0 Å². The molecule has 0 heterocycles. The van der Waals surface area contributed by atoms with Crippen molar-refractivity contribution >= 4 is 8.80 Å². The van der Waals surface area contributed by atoms with Crippen molar-refractivity contribution < 1.29 is 13.3 Å². The van der Waals surface area contributed by atoms with Crippen LogP contribution in [0.25, 0.3) is 0 Å². The SMILES string of the molecule is C.C.C.C.CO[Si](C)(OC)OC. The van der Waals surface area contributed by atoms with E-state index in [1.807, 2.05) is 6.55 Å². The Kier molecular flexibility index (Phi) is 33.7. The lowest BCUT2D eigenvalue weighted by Gasteiger charge is -2.18. The van der Waals surface area contributed by atoms with Crippen LogP contribution in [0.4, 0.5) is 0 Å². The molecule has 0 bridgehead atoms. The Balaban J connectivity index is -0.0000000408. The van der Waals surface area contributed by atoms with E-state index < -0.39 is 8.80 Å². The van der Waals surface area contributed by atoms with Crippen LogP contribution in [-0.4, -0.2) is 30.1 Å². The first-order chi connectivity index (χ1) is 3.68. The lowest BCUT2D eigenvalue weighted by atomic mass is 11.8. The smallest absolute Gasteiger partial charge is 0.377 e. The molecule has 0 N–H and O–H groups in total. The van der Waals surface area contributed by atoms with Gasteiger partial charge in [0.2, 0.25) is 0 Å². The van der Waals surface area contributed by atoms with Gasteiger partial charge in [0.15, 0.2) is 0 Å². The number of hydrogen-bond donors (Lipinski definition) is 0. The van der Waals surface area contributed by atoms with Crippen molar-refractivity contribution in [1.29, 1.82) is 0 Å². The van der Waals surface area contributed by atoms with Crippen molar-refractivity contribution in [3.8, 4) is 0 Å². The lowest BCUT2D eigenvalue weighted by molar-refractivity contribution is 0.132. The summed E-state index contributed by atoms with van der Waals surface area (Å²) in [5, 5.41) is 0. The Bertz CT molecular complexity index is 57.1. The molecular formula is C8H28O3Si. The monoisotopic (exact) mass is 200 g/mol. The Morgan fingerprint density at radius 2 is 0.833 bits per heavy atom. The maximum absolute atomic E-state index is 4.93. The highest BCUT2D eigenvalue weighted by Gasteiger charge is 2.29. The Morgan fingerprint density at radius 3 is 0.833 bits per heavy atom. The van der Waals surface area contributed by atoms with Crippen LogP contribution < -0.4 is 0 Å². The third kappa shape index (κ3) is 10.1. The van der Waals surface area contributed by atoms with Gasteiger partial charge in [0.25, 0.3) is 0 Å². The maximum Gasteiger partial charge on any atom is 0.496 e. The molecule has 0 aliphatic heterocycles. The molecule has 0 aromatic heterocycles. The highest BCUT2D eigenvalue weighted by atomic mass is 28.4. The minimum atomic E-state index is -2.17. The summed E-state index contributed by atoms with van der Waals surface area (Å²) in [7, 11) is 2.58. The van der Waals surface area contributed by atoms with Crippen molar-refractivity contribution in [3.63, 3.8) is 0 Å². The third-order valence-corrected chi connectivity index (χ3v) is 3.34. The molecule has 0 atom stereocenters. The summed E-state index contributed by atoms with van der Waals surface area (Å²) >= 11 is 0. The molecule has 0 aliphatic carbocycles. The summed E-state index contributed by atoms with van der Waals surface area (Å²) in [5.74, 6) is 0. The van der Waals surface area contributed by atoms with Crippen LogP contribution in [0.3, 0.4) is 0 Å². The molecule has 0 aliphatic rings. The quantitative estimate of drug-likeness (QED) is 0.655. The van der Waals surface area contributed by atoms with Gasteiger partial charge in [-0.05, 0) is 0 Å². The summed E-state index contributed by atoms with van der Waals surface area (Å²) in [6.45, 7) is 1.83. The second kappa shape index (κ2) is 13.7. The van der Waals surface area contributed by atoms with E-state index in [-0.39, 0.29) is 29.7 Å². The predicted octanol–water partition coefficient (Wildman–Crippen LogP) is 3.04. The van der Waals surface area contributed by atoms with Gasteiger partial charge < -0.3 is 13.3 Å². The van der Waals surface area contributed by atoms with Crippen LogP contribution in [0.1, 0.15) is 29.7 Å². The van der Waals surface area contributed by atoms with Crippen molar-refractivity contribution in [2.75, 3.05) is 21.3 Å². The molecule has 0 unspecified atom stereocenters. The molecule has 0 rings (SSSR count). The van der Waals surface area contributed by atoms with Gasteiger partial charge in [0.1, 0.15) is 0 Å². The van der Waals surface area contributed by atoms with Gasteiger partial charge >= 0.3 is 8.80 Å². The third-order valence-electron chi connectivity index (χ3n) is 1.11. The standard InChI is InChI=1S/C4H12O3Si.4CH4/c1-5-8(4,6-2)7-3;;;;/h1-4H3;4*1H4. The first-order valence-corrected chi connectivity index (χ1v) is 4.56. The van der Waals surface area contributed by atoms with E-state index in [1.165, 1.54) is 0 Å². The van der Waals surface area contributed by atoms with Crippen LogP contribution in [0, 0.1) is 0 Å². The van der Waals surface area contributed by atoms with Crippen molar-refractivity contribution in [2.24, 2.45) is 0 Å². The fraction of sp³-hybridized carbons (Fsp3) is 1.00. The minimum Gasteiger partial charge on any atom is -0.377 e. The van der Waals surface area contributed by atoms with Gasteiger partial charge in [-0.2, -0.15) is 0 Å². The van der Waals surface area contributed by atoms with E-state index in [0.717, 1.165) is 0 Å². The Morgan fingerprint density at radius 1 is 0.667 bits per heavy atom. The molecule has 0 saturated carbocycles. The van der Waals surface area contributed by atoms with Crippen LogP contribution in [0.2, 0.25) is 6.55 Å². The molecule has 4 heteroatoms. The summed E-state index contributed by atoms with van der Waals surface area (Å²) in [6, 6.07) is 0. The molecule has 12 heavy (non-hydrogen) atoms. The molecule has 0 radical (unpaired) electrons. The van der Waals surface area contributed by atoms with E-state index in [2.05, 4.69) is 0 Å². The number of rotatable bonds is 3. The van der Waals surface area contributed by atoms with E-state index in [1.54, 1.807) is 21.3 Å². The molecule has 0 aromatic rings. The maximum atomic E-state index is 4.93. The minimum absolute atomic E-state index is 0. The average molecular weight is 200 g/mol. The second-order valence-electron chi connectivity index (χ2n) is 1.47. The van der Waals surface area contributed by atoms with E-state index >= 15 is 0 Å². The summed E-state index contributed by atoms with van der Waals surface area (Å²) in [6.07, 6.45) is 0. The van der Waals surface area contributed by atoms with Crippen LogP contribution in [0.5, 0.6) is 0 Å². The Hall–Kier alpha value is 0.0969. The van der Waals surface area contributed by atoms with Gasteiger partial charge in [0.05, 0.1) is 0 Å². The predicted molar refractivity (Wildman–Crippen MR) is 59.6 cm³/mol. The van der Waals surface area contributed by atoms with Crippen molar-refractivity contribution in [1.82, 2.24) is 0 Å². The highest BCUT2D eigenvalue weighted by Crippen LogP contribution is 2.02. The van der Waals surface area contributed by atoms with E-state index in [4.69, 9.17) is 13.3 Å². The van der Waals surface area contributed by atoms with Crippen molar-refractivity contribution in [3.05, 3.63) is 0 Å². The fourth-order valence-electron chi connectivity index (χ4n) is 0.250. The van der Waals surface area contributed by atoms with Crippen LogP contribution in [-0.2, 0) is 13.3 Å². The average Bonchev–Trinajstić information content (AvgIpc) is 1.87. The molecular weight excluding hydrogens is 172 g/mol. The zero-order valence-electron chi connectivity index (χ0n) is 5.72.